The number of piperidine rings is 1. The van der Waals surface area contributed by atoms with Crippen molar-refractivity contribution in [3.05, 3.63) is 0 Å². The minimum atomic E-state index is -1.06. The standard InChI is InChI=1S/C15H26N2O4/c1-3-6-15(13(19)20)7-4-8-17(15)14(21)16-9-5-11(2)12(18)10-16/h11-12,18H,3-10H2,1-2H3,(H,19,20). The first-order valence-corrected chi connectivity index (χ1v) is 7.90. The molecule has 2 aliphatic rings. The number of hydrogen-bond acceptors (Lipinski definition) is 3. The Morgan fingerprint density at radius 1 is 1.33 bits per heavy atom. The third kappa shape index (κ3) is 2.86. The van der Waals surface area contributed by atoms with Crippen molar-refractivity contribution in [2.45, 2.75) is 57.6 Å². The molecule has 2 heterocycles. The van der Waals surface area contributed by atoms with Crippen molar-refractivity contribution in [2.24, 2.45) is 5.92 Å². The van der Waals surface area contributed by atoms with Crippen LogP contribution in [0.1, 0.15) is 46.0 Å². The van der Waals surface area contributed by atoms with Crippen LogP contribution in [0.2, 0.25) is 0 Å². The summed E-state index contributed by atoms with van der Waals surface area (Å²) in [6, 6.07) is -0.227. The Balaban J connectivity index is 2.15. The Morgan fingerprint density at radius 3 is 2.62 bits per heavy atom. The highest BCUT2D eigenvalue weighted by Crippen LogP contribution is 2.35. The van der Waals surface area contributed by atoms with Gasteiger partial charge in [-0.2, -0.15) is 0 Å². The predicted molar refractivity (Wildman–Crippen MR) is 78.0 cm³/mol. The van der Waals surface area contributed by atoms with Gasteiger partial charge >= 0.3 is 12.0 Å². The fourth-order valence-electron chi connectivity index (χ4n) is 3.55. The number of hydrogen-bond donors (Lipinski definition) is 2. The Bertz CT molecular complexity index is 414. The molecule has 2 fully saturated rings. The highest BCUT2D eigenvalue weighted by Gasteiger charge is 2.50. The number of carboxylic acids is 1. The third-order valence-electron chi connectivity index (χ3n) is 4.97. The van der Waals surface area contributed by atoms with Crippen molar-refractivity contribution in [2.75, 3.05) is 19.6 Å². The van der Waals surface area contributed by atoms with E-state index in [0.29, 0.717) is 32.5 Å². The van der Waals surface area contributed by atoms with Crippen LogP contribution in [-0.2, 0) is 4.79 Å². The maximum absolute atomic E-state index is 12.7. The number of urea groups is 1. The third-order valence-corrected chi connectivity index (χ3v) is 4.97. The number of likely N-dealkylation sites (tertiary alicyclic amines) is 2. The minimum Gasteiger partial charge on any atom is -0.479 e. The number of aliphatic hydroxyl groups is 1. The van der Waals surface area contributed by atoms with E-state index in [9.17, 15) is 19.8 Å². The smallest absolute Gasteiger partial charge is 0.329 e. The van der Waals surface area contributed by atoms with Crippen molar-refractivity contribution in [3.8, 4) is 0 Å². The summed E-state index contributed by atoms with van der Waals surface area (Å²) in [5.41, 5.74) is -1.06. The molecule has 2 amide bonds. The van der Waals surface area contributed by atoms with Gasteiger partial charge in [-0.3, -0.25) is 0 Å². The number of carbonyl (C=O) groups excluding carboxylic acids is 1. The van der Waals surface area contributed by atoms with E-state index >= 15 is 0 Å². The van der Waals surface area contributed by atoms with Gasteiger partial charge in [0.2, 0.25) is 0 Å². The Hall–Kier alpha value is -1.30. The summed E-state index contributed by atoms with van der Waals surface area (Å²) in [5, 5.41) is 19.6. The molecule has 0 aromatic rings. The van der Waals surface area contributed by atoms with Gasteiger partial charge in [0.25, 0.3) is 0 Å². The topological polar surface area (TPSA) is 81.1 Å². The number of carbonyl (C=O) groups is 2. The molecule has 0 aromatic heterocycles. The second kappa shape index (κ2) is 6.22. The van der Waals surface area contributed by atoms with Crippen molar-refractivity contribution in [1.82, 2.24) is 9.80 Å². The molecular formula is C15H26N2O4. The average molecular weight is 298 g/mol. The van der Waals surface area contributed by atoms with Gasteiger partial charge < -0.3 is 20.0 Å². The van der Waals surface area contributed by atoms with Gasteiger partial charge in [-0.05, 0) is 31.6 Å². The molecule has 2 rings (SSSR count). The summed E-state index contributed by atoms with van der Waals surface area (Å²) in [7, 11) is 0. The Kier molecular flexibility index (Phi) is 4.76. The second-order valence-electron chi connectivity index (χ2n) is 6.40. The molecule has 0 saturated carbocycles. The molecule has 0 spiro atoms. The zero-order chi connectivity index (χ0) is 15.6. The van der Waals surface area contributed by atoms with Gasteiger partial charge in [-0.1, -0.05) is 20.3 Å². The first-order chi connectivity index (χ1) is 9.92. The number of carboxylic acid groups (broad SMARTS) is 1. The van der Waals surface area contributed by atoms with Crippen LogP contribution in [0.25, 0.3) is 0 Å². The molecular weight excluding hydrogens is 272 g/mol. The van der Waals surface area contributed by atoms with E-state index in [2.05, 4.69) is 0 Å². The zero-order valence-corrected chi connectivity index (χ0v) is 12.9. The lowest BCUT2D eigenvalue weighted by atomic mass is 9.90. The van der Waals surface area contributed by atoms with E-state index in [1.54, 1.807) is 4.90 Å². The first kappa shape index (κ1) is 16.1. The minimum absolute atomic E-state index is 0.188. The summed E-state index contributed by atoms with van der Waals surface area (Å²) in [6.07, 6.45) is 2.71. The SMILES string of the molecule is CCCC1(C(=O)O)CCCN1C(=O)N1CCC(C)C(O)C1. The van der Waals surface area contributed by atoms with Crippen LogP contribution >= 0.6 is 0 Å². The summed E-state index contributed by atoms with van der Waals surface area (Å²) in [5.74, 6) is -0.714. The van der Waals surface area contributed by atoms with Crippen molar-refractivity contribution >= 4 is 12.0 Å². The molecule has 0 radical (unpaired) electrons. The van der Waals surface area contributed by atoms with Gasteiger partial charge in [0.05, 0.1) is 6.10 Å². The monoisotopic (exact) mass is 298 g/mol. The summed E-state index contributed by atoms with van der Waals surface area (Å²) in [4.78, 5) is 27.6. The number of nitrogens with zero attached hydrogens (tertiary/aromatic N) is 2. The number of amides is 2. The maximum Gasteiger partial charge on any atom is 0.329 e. The quantitative estimate of drug-likeness (QED) is 0.828. The summed E-state index contributed by atoms with van der Waals surface area (Å²) < 4.78 is 0. The van der Waals surface area contributed by atoms with Gasteiger partial charge in [0.1, 0.15) is 5.54 Å². The number of β-amino-alcohol motifs (C(OH)–C–C–N with tert-alkyl or cyclic N) is 1. The van der Waals surface area contributed by atoms with Gasteiger partial charge in [-0.15, -0.1) is 0 Å². The van der Waals surface area contributed by atoms with Crippen molar-refractivity contribution < 1.29 is 19.8 Å². The molecule has 0 aromatic carbocycles. The summed E-state index contributed by atoms with van der Waals surface area (Å²) >= 11 is 0. The lowest BCUT2D eigenvalue weighted by molar-refractivity contribution is -0.149. The van der Waals surface area contributed by atoms with E-state index < -0.39 is 17.6 Å². The largest absolute Gasteiger partial charge is 0.479 e. The number of aliphatic carboxylic acids is 1. The number of rotatable bonds is 3. The normalized spacial score (nSPS) is 33.3. The van der Waals surface area contributed by atoms with Crippen LogP contribution in [0.4, 0.5) is 4.79 Å². The first-order valence-electron chi connectivity index (χ1n) is 7.90. The van der Waals surface area contributed by atoms with Gasteiger partial charge in [-0.25, -0.2) is 9.59 Å². The molecule has 2 aliphatic heterocycles. The van der Waals surface area contributed by atoms with Crippen molar-refractivity contribution in [3.63, 3.8) is 0 Å². The Labute approximate surface area is 125 Å². The van der Waals surface area contributed by atoms with E-state index in [-0.39, 0.29) is 11.9 Å². The van der Waals surface area contributed by atoms with E-state index in [1.807, 2.05) is 13.8 Å². The maximum atomic E-state index is 12.7. The van der Waals surface area contributed by atoms with Crippen LogP contribution in [0, 0.1) is 5.92 Å². The molecule has 3 unspecified atom stereocenters. The fourth-order valence-corrected chi connectivity index (χ4v) is 3.55. The molecule has 6 nitrogen and oxygen atoms in total. The van der Waals surface area contributed by atoms with E-state index in [1.165, 1.54) is 4.90 Å². The van der Waals surface area contributed by atoms with Crippen LogP contribution in [0.3, 0.4) is 0 Å². The Morgan fingerprint density at radius 2 is 2.05 bits per heavy atom. The lowest BCUT2D eigenvalue weighted by Crippen LogP contribution is -2.59. The lowest BCUT2D eigenvalue weighted by Gasteiger charge is -2.41. The van der Waals surface area contributed by atoms with E-state index in [4.69, 9.17) is 0 Å². The molecule has 2 saturated heterocycles. The van der Waals surface area contributed by atoms with Gasteiger partial charge in [0.15, 0.2) is 0 Å². The molecule has 0 bridgehead atoms. The van der Waals surface area contributed by atoms with Gasteiger partial charge in [0, 0.05) is 19.6 Å². The molecule has 6 heteroatoms. The van der Waals surface area contributed by atoms with Crippen LogP contribution in [0.15, 0.2) is 0 Å². The predicted octanol–water partition coefficient (Wildman–Crippen LogP) is 1.53. The van der Waals surface area contributed by atoms with Crippen LogP contribution in [0.5, 0.6) is 0 Å². The van der Waals surface area contributed by atoms with Crippen LogP contribution in [-0.4, -0.2) is 63.3 Å². The fraction of sp³-hybridized carbons (Fsp3) is 0.867. The average Bonchev–Trinajstić information content (AvgIpc) is 2.86. The molecule has 2 N–H and O–H groups in total. The highest BCUT2D eigenvalue weighted by molar-refractivity contribution is 5.87. The summed E-state index contributed by atoms with van der Waals surface area (Å²) in [6.45, 7) is 5.31. The zero-order valence-electron chi connectivity index (χ0n) is 12.9. The van der Waals surface area contributed by atoms with Crippen molar-refractivity contribution in [1.29, 1.82) is 0 Å². The highest BCUT2D eigenvalue weighted by atomic mass is 16.4. The molecule has 0 aliphatic carbocycles. The second-order valence-corrected chi connectivity index (χ2v) is 6.40. The number of aliphatic hydroxyl groups excluding tert-OH is 1. The molecule has 3 atom stereocenters. The molecule has 21 heavy (non-hydrogen) atoms. The van der Waals surface area contributed by atoms with Crippen LogP contribution < -0.4 is 0 Å². The van der Waals surface area contributed by atoms with E-state index in [0.717, 1.165) is 19.3 Å². The molecule has 120 valence electrons.